The molecule has 5 atom stereocenters. The fourth-order valence-corrected chi connectivity index (χ4v) is 7.79. The van der Waals surface area contributed by atoms with E-state index in [1.165, 1.54) is 11.0 Å². The summed E-state index contributed by atoms with van der Waals surface area (Å²) in [5.74, 6) is -1.65. The zero-order valence-corrected chi connectivity index (χ0v) is 32.9. The first-order chi connectivity index (χ1) is 24.4. The van der Waals surface area contributed by atoms with Crippen molar-refractivity contribution >= 4 is 44.6 Å². The summed E-state index contributed by atoms with van der Waals surface area (Å²) in [4.78, 5) is 61.0. The minimum absolute atomic E-state index is 0.0149. The second-order valence-electron chi connectivity index (χ2n) is 17.3. The summed E-state index contributed by atoms with van der Waals surface area (Å²) in [5.41, 5.74) is -3.61. The molecule has 3 fully saturated rings. The third-order valence-corrected chi connectivity index (χ3v) is 11.1. The molecule has 2 saturated carbocycles. The van der Waals surface area contributed by atoms with Crippen LogP contribution in [0.25, 0.3) is 10.8 Å². The Morgan fingerprint density at radius 1 is 1.02 bits per heavy atom. The summed E-state index contributed by atoms with van der Waals surface area (Å²) in [5, 5.41) is 6.35. The molecule has 4 amide bonds. The van der Waals surface area contributed by atoms with Gasteiger partial charge in [-0.2, -0.15) is 0 Å². The lowest BCUT2D eigenvalue weighted by molar-refractivity contribution is -0.143. The van der Waals surface area contributed by atoms with Crippen molar-refractivity contribution in [2.75, 3.05) is 6.54 Å². The highest BCUT2D eigenvalue weighted by Gasteiger charge is 2.62. The Balaban J connectivity index is 1.44. The first-order valence-electron chi connectivity index (χ1n) is 18.0. The van der Waals surface area contributed by atoms with Crippen LogP contribution in [-0.4, -0.2) is 88.8 Å². The number of hydrogen-bond donors (Lipinski definition) is 3. The molecule has 1 saturated heterocycles. The van der Waals surface area contributed by atoms with E-state index in [9.17, 15) is 27.6 Å². The quantitative estimate of drug-likeness (QED) is 0.279. The number of benzene rings is 1. The van der Waals surface area contributed by atoms with Crippen LogP contribution in [0.2, 0.25) is 0 Å². The van der Waals surface area contributed by atoms with E-state index in [2.05, 4.69) is 26.9 Å². The summed E-state index contributed by atoms with van der Waals surface area (Å²) < 4.78 is 45.5. The van der Waals surface area contributed by atoms with E-state index in [0.717, 1.165) is 5.39 Å². The molecule has 2 aliphatic carbocycles. The molecule has 1 aromatic carbocycles. The highest BCUT2D eigenvalue weighted by molar-refractivity contribution is 7.91. The molecule has 0 spiro atoms. The van der Waals surface area contributed by atoms with Crippen molar-refractivity contribution in [2.45, 2.75) is 128 Å². The Morgan fingerprint density at radius 3 is 2.26 bits per heavy atom. The van der Waals surface area contributed by atoms with Crippen molar-refractivity contribution in [1.29, 1.82) is 0 Å². The van der Waals surface area contributed by atoms with Crippen molar-refractivity contribution in [3.8, 4) is 11.6 Å². The summed E-state index contributed by atoms with van der Waals surface area (Å²) in [6, 6.07) is 5.09. The van der Waals surface area contributed by atoms with Crippen LogP contribution < -0.4 is 24.8 Å². The van der Waals surface area contributed by atoms with Crippen LogP contribution in [0.15, 0.2) is 43.1 Å². The van der Waals surface area contributed by atoms with Gasteiger partial charge in [0.1, 0.15) is 40.7 Å². The molecule has 0 radical (unpaired) electrons. The first kappa shape index (κ1) is 39.8. The molecule has 2 aromatic rings. The molecule has 53 heavy (non-hydrogen) atoms. The number of nitrogens with one attached hydrogen (secondary N) is 3. The van der Waals surface area contributed by atoms with Gasteiger partial charge in [-0.3, -0.25) is 19.1 Å². The van der Waals surface area contributed by atoms with E-state index in [0.29, 0.717) is 24.0 Å². The monoisotopic (exact) mass is 755 g/mol. The highest BCUT2D eigenvalue weighted by Crippen LogP contribution is 2.45. The molecule has 15 heteroatoms. The molecule has 0 bridgehead atoms. The lowest BCUT2D eigenvalue weighted by Crippen LogP contribution is -2.60. The number of sulfonamides is 1. The normalized spacial score (nSPS) is 23.8. The zero-order chi connectivity index (χ0) is 39.3. The van der Waals surface area contributed by atoms with E-state index in [4.69, 9.17) is 14.2 Å². The molecule has 1 aliphatic heterocycles. The molecule has 3 N–H and O–H groups in total. The van der Waals surface area contributed by atoms with Crippen LogP contribution in [0.3, 0.4) is 0 Å². The molecular formula is C38H53N5O9S. The Morgan fingerprint density at radius 2 is 1.70 bits per heavy atom. The van der Waals surface area contributed by atoms with Gasteiger partial charge >= 0.3 is 6.09 Å². The Hall–Kier alpha value is -4.40. The van der Waals surface area contributed by atoms with Crippen LogP contribution in [0.5, 0.6) is 11.6 Å². The van der Waals surface area contributed by atoms with Gasteiger partial charge in [-0.1, -0.05) is 26.8 Å². The lowest BCUT2D eigenvalue weighted by Gasteiger charge is -2.36. The number of ether oxygens (including phenoxy) is 3. The zero-order valence-electron chi connectivity index (χ0n) is 32.1. The predicted octanol–water partition coefficient (Wildman–Crippen LogP) is 4.37. The molecule has 14 nitrogen and oxygen atoms in total. The third kappa shape index (κ3) is 9.40. The van der Waals surface area contributed by atoms with Gasteiger partial charge in [0.05, 0.1) is 11.8 Å². The SMILES string of the molecule is C=C[C@@H]1C[C@@]1(NC(=O)[C@H]1C[C@@H](Oc2nccc3cc(OC(C)(C)C)ccc23)CN1C(=O)[C@@H](NC(=O)OC(C)(C)C)C(C)(C)C)C(=O)NS(=O)(=O)C1CC1. The maximum absolute atomic E-state index is 14.5. The number of likely N-dealkylation sites (tertiary alicyclic amines) is 1. The highest BCUT2D eigenvalue weighted by atomic mass is 32.2. The number of nitrogens with zero attached hydrogens (tertiary/aromatic N) is 2. The van der Waals surface area contributed by atoms with Crippen molar-refractivity contribution in [3.63, 3.8) is 0 Å². The first-order valence-corrected chi connectivity index (χ1v) is 19.5. The molecule has 290 valence electrons. The largest absolute Gasteiger partial charge is 0.488 e. The smallest absolute Gasteiger partial charge is 0.408 e. The number of amides is 4. The van der Waals surface area contributed by atoms with Gasteiger partial charge < -0.3 is 29.7 Å². The number of fused-ring (bicyclic) bond motifs is 1. The number of pyridine rings is 1. The summed E-state index contributed by atoms with van der Waals surface area (Å²) in [6.45, 7) is 20.0. The average molecular weight is 756 g/mol. The van der Waals surface area contributed by atoms with Gasteiger partial charge in [0.2, 0.25) is 27.7 Å². The molecule has 1 aromatic heterocycles. The van der Waals surface area contributed by atoms with Crippen LogP contribution in [0.4, 0.5) is 4.79 Å². The summed E-state index contributed by atoms with van der Waals surface area (Å²) in [6.07, 6.45) is 2.64. The standard InChI is InChI=1S/C38H53N5O9S/c1-11-23-20-38(23,33(46)42-53(48,49)26-13-14-26)41-30(44)28-19-25(21-43(28)32(45)29(35(2,3)4)40-34(47)52-37(8,9)10)50-31-27-15-12-24(51-36(5,6)7)18-22(27)16-17-39-31/h11-12,15-18,23,25-26,28-29H,1,13-14,19-21H2,2-10H3,(H,40,47)(H,41,44)(H,42,46)/t23-,25-,28-,29-,38+/m1/s1. The minimum Gasteiger partial charge on any atom is -0.488 e. The van der Waals surface area contributed by atoms with Crippen LogP contribution in [0.1, 0.15) is 88.0 Å². The summed E-state index contributed by atoms with van der Waals surface area (Å²) in [7, 11) is -3.90. The van der Waals surface area contributed by atoms with Crippen LogP contribution in [-0.2, 0) is 29.1 Å². The maximum Gasteiger partial charge on any atom is 0.408 e. The average Bonchev–Trinajstić information content (AvgIpc) is 3.94. The lowest BCUT2D eigenvalue weighted by atomic mass is 9.85. The fourth-order valence-electron chi connectivity index (χ4n) is 6.43. The van der Waals surface area contributed by atoms with E-state index >= 15 is 0 Å². The summed E-state index contributed by atoms with van der Waals surface area (Å²) >= 11 is 0. The topological polar surface area (TPSA) is 182 Å². The van der Waals surface area contributed by atoms with Crippen molar-refractivity contribution in [3.05, 3.63) is 43.1 Å². The van der Waals surface area contributed by atoms with E-state index in [1.807, 2.05) is 45.0 Å². The van der Waals surface area contributed by atoms with Crippen molar-refractivity contribution in [2.24, 2.45) is 11.3 Å². The van der Waals surface area contributed by atoms with Gasteiger partial charge in [0, 0.05) is 23.9 Å². The van der Waals surface area contributed by atoms with Crippen LogP contribution in [0, 0.1) is 11.3 Å². The fraction of sp³-hybridized carbons (Fsp3) is 0.605. The number of aromatic nitrogens is 1. The number of rotatable bonds is 11. The number of hydrogen-bond acceptors (Lipinski definition) is 10. The number of carbonyl (C=O) groups excluding carboxylic acids is 4. The predicted molar refractivity (Wildman–Crippen MR) is 199 cm³/mol. The number of alkyl carbamates (subject to hydrolysis) is 1. The van der Waals surface area contributed by atoms with E-state index in [1.54, 1.807) is 47.7 Å². The van der Waals surface area contributed by atoms with Crippen LogP contribution >= 0.6 is 0 Å². The second-order valence-corrected chi connectivity index (χ2v) is 19.3. The number of carbonyl (C=O) groups is 4. The minimum atomic E-state index is -3.90. The molecule has 5 rings (SSSR count). The third-order valence-electron chi connectivity index (χ3n) is 9.27. The van der Waals surface area contributed by atoms with Gasteiger partial charge in [-0.15, -0.1) is 6.58 Å². The van der Waals surface area contributed by atoms with E-state index < -0.39 is 85.3 Å². The van der Waals surface area contributed by atoms with Gasteiger partial charge in [-0.25, -0.2) is 18.2 Å². The van der Waals surface area contributed by atoms with E-state index in [-0.39, 0.29) is 25.3 Å². The maximum atomic E-state index is 14.5. The Kier molecular flexibility index (Phi) is 10.6. The Bertz CT molecular complexity index is 1890. The van der Waals surface area contributed by atoms with Gasteiger partial charge in [0.15, 0.2) is 0 Å². The van der Waals surface area contributed by atoms with Crippen molar-refractivity contribution < 1.29 is 41.8 Å². The Labute approximate surface area is 311 Å². The molecular weight excluding hydrogens is 703 g/mol. The second kappa shape index (κ2) is 14.1. The van der Waals surface area contributed by atoms with Gasteiger partial charge in [0.25, 0.3) is 5.91 Å². The van der Waals surface area contributed by atoms with Crippen molar-refractivity contribution in [1.82, 2.24) is 25.2 Å². The molecule has 3 aliphatic rings. The molecule has 0 unspecified atom stereocenters. The van der Waals surface area contributed by atoms with Gasteiger partial charge in [-0.05, 0) is 95.9 Å². The molecule has 2 heterocycles.